The molecule has 302 valence electrons. The molecule has 0 radical (unpaired) electrons. The summed E-state index contributed by atoms with van der Waals surface area (Å²) < 4.78 is 45.8. The van der Waals surface area contributed by atoms with Crippen molar-refractivity contribution in [2.75, 3.05) is 53.9 Å². The Morgan fingerprint density at radius 1 is 0.380 bits per heavy atom. The zero-order chi connectivity index (χ0) is 36.4. The molecule has 0 aromatic carbocycles. The maximum absolute atomic E-state index is 12.2. The van der Waals surface area contributed by atoms with Crippen LogP contribution in [0.15, 0.2) is 0 Å². The van der Waals surface area contributed by atoms with Crippen molar-refractivity contribution in [3.63, 3.8) is 0 Å². The van der Waals surface area contributed by atoms with Crippen LogP contribution in [-0.4, -0.2) is 66.1 Å². The van der Waals surface area contributed by atoms with E-state index in [2.05, 4.69) is 13.8 Å². The molecule has 0 rings (SSSR count). The van der Waals surface area contributed by atoms with Crippen molar-refractivity contribution in [1.29, 1.82) is 0 Å². The predicted molar refractivity (Wildman–Crippen MR) is 214 cm³/mol. The first kappa shape index (κ1) is 50.0. The first-order chi connectivity index (χ1) is 24.7. The van der Waals surface area contributed by atoms with Gasteiger partial charge in [-0.15, -0.1) is 0 Å². The molecule has 0 amide bonds. The Labute approximate surface area is 312 Å². The van der Waals surface area contributed by atoms with Crippen molar-refractivity contribution >= 4 is 8.25 Å². The van der Waals surface area contributed by atoms with Crippen molar-refractivity contribution in [2.24, 2.45) is 0 Å². The van der Waals surface area contributed by atoms with Crippen LogP contribution in [0.3, 0.4) is 0 Å². The zero-order valence-electron chi connectivity index (χ0n) is 34.0. The maximum atomic E-state index is 12.2. The second-order valence-corrected chi connectivity index (χ2v) is 15.7. The molecule has 0 aliphatic rings. The van der Waals surface area contributed by atoms with Crippen molar-refractivity contribution in [2.45, 2.75) is 219 Å². The van der Waals surface area contributed by atoms with E-state index in [1.807, 2.05) is 0 Å². The maximum Gasteiger partial charge on any atom is 0.319 e. The summed E-state index contributed by atoms with van der Waals surface area (Å²) >= 11 is 0. The van der Waals surface area contributed by atoms with Crippen LogP contribution >= 0.6 is 8.25 Å². The smallest absolute Gasteiger partial charge is 0.319 e. The number of ether oxygens (including phenoxy) is 4. The minimum absolute atomic E-state index is 0.0637. The molecule has 0 heterocycles. The first-order valence-electron chi connectivity index (χ1n) is 21.7. The SMILES string of the molecule is CCCCCCCCCCCCCCCCOCC(CCO[PH](=O)OCCC(COCCCCCCCCCCCCCCCC)OC)OC. The molecule has 0 aromatic rings. The van der Waals surface area contributed by atoms with Gasteiger partial charge in [0.25, 0.3) is 0 Å². The highest BCUT2D eigenvalue weighted by atomic mass is 31.1. The minimum atomic E-state index is -2.54. The standard InChI is InChI=1S/C42H87O7P/c1-5-7-9-11-13-15-17-19-21-23-25-27-29-31-35-46-39-41(44-3)33-37-48-50(43)49-38-34-42(45-4)40-47-36-32-30-28-26-24-22-20-18-16-14-12-10-8-6-2/h41-42,50H,5-40H2,1-4H3. The first-order valence-corrected chi connectivity index (χ1v) is 22.9. The molecule has 50 heavy (non-hydrogen) atoms. The fourth-order valence-electron chi connectivity index (χ4n) is 6.35. The fourth-order valence-corrected chi connectivity index (χ4v) is 7.01. The van der Waals surface area contributed by atoms with Crippen LogP contribution in [-0.2, 0) is 32.6 Å². The van der Waals surface area contributed by atoms with Gasteiger partial charge in [-0.25, -0.2) is 0 Å². The van der Waals surface area contributed by atoms with E-state index < -0.39 is 8.25 Å². The Balaban J connectivity index is 3.53. The van der Waals surface area contributed by atoms with Gasteiger partial charge in [0.2, 0.25) is 0 Å². The largest absolute Gasteiger partial charge is 0.379 e. The van der Waals surface area contributed by atoms with Gasteiger partial charge in [0.15, 0.2) is 0 Å². The zero-order valence-corrected chi connectivity index (χ0v) is 35.0. The molecule has 0 aliphatic carbocycles. The van der Waals surface area contributed by atoms with Crippen LogP contribution in [0.4, 0.5) is 0 Å². The van der Waals surface area contributed by atoms with Crippen LogP contribution in [0.5, 0.6) is 0 Å². The molecule has 7 nitrogen and oxygen atoms in total. The molecule has 2 unspecified atom stereocenters. The molecule has 0 aromatic heterocycles. The van der Waals surface area contributed by atoms with Gasteiger partial charge in [-0.1, -0.05) is 181 Å². The quantitative estimate of drug-likeness (QED) is 0.0456. The number of hydrogen-bond acceptors (Lipinski definition) is 7. The number of rotatable bonds is 44. The second-order valence-electron chi connectivity index (χ2n) is 14.6. The lowest BCUT2D eigenvalue weighted by Gasteiger charge is -2.17. The van der Waals surface area contributed by atoms with E-state index in [4.69, 9.17) is 28.0 Å². The number of unbranched alkanes of at least 4 members (excludes halogenated alkanes) is 26. The van der Waals surface area contributed by atoms with E-state index in [0.29, 0.717) is 39.3 Å². The van der Waals surface area contributed by atoms with E-state index in [9.17, 15) is 4.57 Å². The lowest BCUT2D eigenvalue weighted by molar-refractivity contribution is -0.00593. The molecule has 0 spiro atoms. The van der Waals surface area contributed by atoms with E-state index in [0.717, 1.165) is 26.1 Å². The van der Waals surface area contributed by atoms with E-state index in [1.54, 1.807) is 14.2 Å². The molecule has 0 aliphatic heterocycles. The van der Waals surface area contributed by atoms with Gasteiger partial charge in [0, 0.05) is 27.4 Å². The average molecular weight is 735 g/mol. The fraction of sp³-hybridized carbons (Fsp3) is 1.00. The lowest BCUT2D eigenvalue weighted by atomic mass is 10.0. The summed E-state index contributed by atoms with van der Waals surface area (Å²) in [6, 6.07) is 0. The van der Waals surface area contributed by atoms with Crippen LogP contribution in [0, 0.1) is 0 Å². The van der Waals surface area contributed by atoms with Crippen molar-refractivity contribution in [3.05, 3.63) is 0 Å². The molecule has 0 N–H and O–H groups in total. The molecule has 0 fully saturated rings. The normalized spacial score (nSPS) is 13.6. The Bertz CT molecular complexity index is 602. The van der Waals surface area contributed by atoms with Gasteiger partial charge in [-0.2, -0.15) is 0 Å². The molecule has 0 saturated heterocycles. The highest BCUT2D eigenvalue weighted by Gasteiger charge is 2.12. The Kier molecular flexibility index (Phi) is 43.4. The predicted octanol–water partition coefficient (Wildman–Crippen LogP) is 13.2. The summed E-state index contributed by atoms with van der Waals surface area (Å²) in [5, 5.41) is 0. The third kappa shape index (κ3) is 39.2. The molecule has 0 saturated carbocycles. The summed E-state index contributed by atoms with van der Waals surface area (Å²) in [5.41, 5.74) is 0. The Hall–Kier alpha value is -0.0100. The highest BCUT2D eigenvalue weighted by molar-refractivity contribution is 7.33. The topological polar surface area (TPSA) is 72.5 Å². The van der Waals surface area contributed by atoms with Gasteiger partial charge < -0.3 is 28.0 Å². The number of methoxy groups -OCH3 is 2. The van der Waals surface area contributed by atoms with Gasteiger partial charge in [0.1, 0.15) is 0 Å². The molecular weight excluding hydrogens is 647 g/mol. The Morgan fingerprint density at radius 3 is 0.900 bits per heavy atom. The summed E-state index contributed by atoms with van der Waals surface area (Å²) in [4.78, 5) is 0. The average Bonchev–Trinajstić information content (AvgIpc) is 3.12. The monoisotopic (exact) mass is 735 g/mol. The van der Waals surface area contributed by atoms with Gasteiger partial charge in [-0.3, -0.25) is 4.57 Å². The van der Waals surface area contributed by atoms with Crippen molar-refractivity contribution in [3.8, 4) is 0 Å². The van der Waals surface area contributed by atoms with E-state index >= 15 is 0 Å². The second kappa shape index (κ2) is 43.4. The lowest BCUT2D eigenvalue weighted by Crippen LogP contribution is -2.21. The molecule has 2 atom stereocenters. The molecule has 8 heteroatoms. The van der Waals surface area contributed by atoms with E-state index in [-0.39, 0.29) is 12.2 Å². The minimum Gasteiger partial charge on any atom is -0.379 e. The van der Waals surface area contributed by atoms with Crippen LogP contribution in [0.2, 0.25) is 0 Å². The van der Waals surface area contributed by atoms with Gasteiger partial charge in [0.05, 0.1) is 38.6 Å². The van der Waals surface area contributed by atoms with Crippen LogP contribution in [0.1, 0.15) is 206 Å². The summed E-state index contributed by atoms with van der Waals surface area (Å²) in [5.74, 6) is 0. The van der Waals surface area contributed by atoms with Crippen LogP contribution < -0.4 is 0 Å². The van der Waals surface area contributed by atoms with Gasteiger partial charge >= 0.3 is 8.25 Å². The number of hydrogen-bond donors (Lipinski definition) is 0. The molecule has 0 bridgehead atoms. The molecular formula is C42H87O7P. The summed E-state index contributed by atoms with van der Waals surface area (Å²) in [6.07, 6.45) is 39.1. The van der Waals surface area contributed by atoms with Crippen LogP contribution in [0.25, 0.3) is 0 Å². The highest BCUT2D eigenvalue weighted by Crippen LogP contribution is 2.25. The third-order valence-corrected chi connectivity index (χ3v) is 10.8. The third-order valence-electron chi connectivity index (χ3n) is 9.88. The van der Waals surface area contributed by atoms with E-state index in [1.165, 1.54) is 167 Å². The Morgan fingerprint density at radius 2 is 0.640 bits per heavy atom. The summed E-state index contributed by atoms with van der Waals surface area (Å²) in [7, 11) is 0.833. The summed E-state index contributed by atoms with van der Waals surface area (Å²) in [6.45, 7) is 7.82. The van der Waals surface area contributed by atoms with Crippen molar-refractivity contribution < 1.29 is 32.6 Å². The van der Waals surface area contributed by atoms with Crippen molar-refractivity contribution in [1.82, 2.24) is 0 Å². The van der Waals surface area contributed by atoms with Gasteiger partial charge in [-0.05, 0) is 25.7 Å².